The van der Waals surface area contributed by atoms with Crippen LogP contribution < -0.4 is 15.7 Å². The van der Waals surface area contributed by atoms with Crippen molar-refractivity contribution in [3.8, 4) is 5.75 Å². The number of amides is 1. The van der Waals surface area contributed by atoms with Gasteiger partial charge in [-0.15, -0.1) is 5.10 Å². The Morgan fingerprint density at radius 2 is 1.79 bits per heavy atom. The number of fused-ring (bicyclic) bond motifs is 1. The second kappa shape index (κ2) is 7.59. The minimum absolute atomic E-state index is 0.203. The molecule has 0 fully saturated rings. The van der Waals surface area contributed by atoms with Crippen LogP contribution in [0.25, 0.3) is 5.65 Å². The summed E-state index contributed by atoms with van der Waals surface area (Å²) >= 11 is 0. The zero-order chi connectivity index (χ0) is 20.4. The Morgan fingerprint density at radius 3 is 2.48 bits per heavy atom. The Labute approximate surface area is 165 Å². The number of anilines is 1. The number of pyridine rings is 1. The molecule has 4 rings (SSSR count). The van der Waals surface area contributed by atoms with Crippen LogP contribution in [0, 0.1) is 5.82 Å². The summed E-state index contributed by atoms with van der Waals surface area (Å²) in [6.07, 6.45) is 1.45. The van der Waals surface area contributed by atoms with Crippen LogP contribution in [0.2, 0.25) is 0 Å². The molecule has 7 nitrogen and oxygen atoms in total. The molecule has 2 heterocycles. The monoisotopic (exact) mass is 392 g/mol. The topological polar surface area (TPSA) is 77.6 Å². The van der Waals surface area contributed by atoms with Crippen LogP contribution in [0.1, 0.15) is 15.9 Å². The van der Waals surface area contributed by atoms with E-state index in [0.29, 0.717) is 22.6 Å². The molecule has 0 aliphatic carbocycles. The SMILES string of the molecule is COc1ccc(NC(=O)c2ccc3nn(Cc4ccc(F)cc4)c(=O)n3c2)cc1. The largest absolute Gasteiger partial charge is 0.497 e. The Hall–Kier alpha value is -3.94. The number of ether oxygens (including phenoxy) is 1. The summed E-state index contributed by atoms with van der Waals surface area (Å²) in [5, 5.41) is 7.03. The molecule has 0 unspecified atom stereocenters. The number of carbonyl (C=O) groups is 1. The first-order valence-corrected chi connectivity index (χ1v) is 8.82. The van der Waals surface area contributed by atoms with Crippen LogP contribution >= 0.6 is 0 Å². The highest BCUT2D eigenvalue weighted by molar-refractivity contribution is 6.04. The van der Waals surface area contributed by atoms with Crippen molar-refractivity contribution in [3.63, 3.8) is 0 Å². The number of benzene rings is 2. The number of rotatable bonds is 5. The van der Waals surface area contributed by atoms with Crippen LogP contribution in [0.15, 0.2) is 71.7 Å². The van der Waals surface area contributed by atoms with Gasteiger partial charge in [-0.25, -0.2) is 18.3 Å². The normalized spacial score (nSPS) is 10.8. The summed E-state index contributed by atoms with van der Waals surface area (Å²) in [4.78, 5) is 25.2. The van der Waals surface area contributed by atoms with Crippen LogP contribution in [0.3, 0.4) is 0 Å². The van der Waals surface area contributed by atoms with E-state index >= 15 is 0 Å². The molecule has 1 amide bonds. The second-order valence-electron chi connectivity index (χ2n) is 6.40. The molecule has 146 valence electrons. The Bertz CT molecular complexity index is 1230. The van der Waals surface area contributed by atoms with Gasteiger partial charge in [-0.05, 0) is 54.1 Å². The number of nitrogens with one attached hydrogen (secondary N) is 1. The minimum atomic E-state index is -0.386. The number of aromatic nitrogens is 3. The first kappa shape index (κ1) is 18.4. The molecular formula is C21H17FN4O3. The first-order valence-electron chi connectivity index (χ1n) is 8.82. The molecule has 0 aliphatic rings. The van der Waals surface area contributed by atoms with E-state index in [4.69, 9.17) is 4.74 Å². The molecule has 2 aromatic carbocycles. The van der Waals surface area contributed by atoms with Gasteiger partial charge in [-0.2, -0.15) is 0 Å². The Kier molecular flexibility index (Phi) is 4.82. The molecule has 0 saturated heterocycles. The lowest BCUT2D eigenvalue weighted by Gasteiger charge is -2.06. The third kappa shape index (κ3) is 3.86. The summed E-state index contributed by atoms with van der Waals surface area (Å²) in [5.41, 5.74) is 1.70. The fourth-order valence-corrected chi connectivity index (χ4v) is 2.90. The number of hydrogen-bond donors (Lipinski definition) is 1. The summed E-state index contributed by atoms with van der Waals surface area (Å²) in [7, 11) is 1.57. The molecule has 0 aliphatic heterocycles. The van der Waals surface area contributed by atoms with Gasteiger partial charge in [-0.3, -0.25) is 4.79 Å². The zero-order valence-electron chi connectivity index (χ0n) is 15.5. The van der Waals surface area contributed by atoms with Gasteiger partial charge in [0.25, 0.3) is 5.91 Å². The molecule has 1 N–H and O–H groups in total. The predicted molar refractivity (Wildman–Crippen MR) is 106 cm³/mol. The summed E-state index contributed by atoms with van der Waals surface area (Å²) in [6, 6.07) is 16.0. The third-order valence-corrected chi connectivity index (χ3v) is 4.43. The van der Waals surface area contributed by atoms with E-state index in [-0.39, 0.29) is 24.0 Å². The Morgan fingerprint density at radius 1 is 1.07 bits per heavy atom. The van der Waals surface area contributed by atoms with Gasteiger partial charge in [0.1, 0.15) is 11.6 Å². The van der Waals surface area contributed by atoms with Gasteiger partial charge in [0.2, 0.25) is 0 Å². The van der Waals surface area contributed by atoms with Gasteiger partial charge in [0, 0.05) is 11.9 Å². The van der Waals surface area contributed by atoms with Crippen molar-refractivity contribution >= 4 is 17.2 Å². The number of halogens is 1. The molecule has 0 bridgehead atoms. The number of hydrogen-bond acceptors (Lipinski definition) is 4. The van der Waals surface area contributed by atoms with Crippen molar-refractivity contribution in [1.29, 1.82) is 0 Å². The van der Waals surface area contributed by atoms with Crippen molar-refractivity contribution in [1.82, 2.24) is 14.2 Å². The molecule has 0 radical (unpaired) electrons. The van der Waals surface area contributed by atoms with E-state index in [2.05, 4.69) is 10.4 Å². The molecule has 8 heteroatoms. The van der Waals surface area contributed by atoms with Crippen LogP contribution in [0.5, 0.6) is 5.75 Å². The van der Waals surface area contributed by atoms with E-state index in [1.807, 2.05) is 0 Å². The van der Waals surface area contributed by atoms with E-state index in [0.717, 1.165) is 5.56 Å². The Balaban J connectivity index is 1.58. The van der Waals surface area contributed by atoms with Gasteiger partial charge in [-0.1, -0.05) is 12.1 Å². The number of carbonyl (C=O) groups excluding carboxylic acids is 1. The van der Waals surface area contributed by atoms with E-state index < -0.39 is 0 Å². The highest BCUT2D eigenvalue weighted by Gasteiger charge is 2.12. The maximum absolute atomic E-state index is 13.1. The van der Waals surface area contributed by atoms with Crippen molar-refractivity contribution in [2.45, 2.75) is 6.54 Å². The maximum Gasteiger partial charge on any atom is 0.350 e. The van der Waals surface area contributed by atoms with Crippen molar-refractivity contribution in [2.75, 3.05) is 12.4 Å². The number of methoxy groups -OCH3 is 1. The highest BCUT2D eigenvalue weighted by Crippen LogP contribution is 2.16. The molecule has 2 aromatic heterocycles. The quantitative estimate of drug-likeness (QED) is 0.567. The lowest BCUT2D eigenvalue weighted by atomic mass is 10.2. The molecule has 0 atom stereocenters. The highest BCUT2D eigenvalue weighted by atomic mass is 19.1. The van der Waals surface area contributed by atoms with Crippen LogP contribution in [-0.4, -0.2) is 27.2 Å². The lowest BCUT2D eigenvalue weighted by molar-refractivity contribution is 0.102. The van der Waals surface area contributed by atoms with Crippen LogP contribution in [-0.2, 0) is 6.54 Å². The smallest absolute Gasteiger partial charge is 0.350 e. The molecule has 4 aromatic rings. The van der Waals surface area contributed by atoms with Crippen molar-refractivity contribution in [3.05, 3.63) is 94.3 Å². The summed E-state index contributed by atoms with van der Waals surface area (Å²) < 4.78 is 20.7. The van der Waals surface area contributed by atoms with E-state index in [1.165, 1.54) is 27.4 Å². The molecular weight excluding hydrogens is 375 g/mol. The van der Waals surface area contributed by atoms with Gasteiger partial charge < -0.3 is 10.1 Å². The molecule has 0 spiro atoms. The van der Waals surface area contributed by atoms with E-state index in [9.17, 15) is 14.0 Å². The third-order valence-electron chi connectivity index (χ3n) is 4.43. The van der Waals surface area contributed by atoms with E-state index in [1.54, 1.807) is 55.6 Å². The maximum atomic E-state index is 13.1. The fourth-order valence-electron chi connectivity index (χ4n) is 2.90. The van der Waals surface area contributed by atoms with Gasteiger partial charge >= 0.3 is 5.69 Å². The van der Waals surface area contributed by atoms with Gasteiger partial charge in [0.15, 0.2) is 5.65 Å². The minimum Gasteiger partial charge on any atom is -0.497 e. The van der Waals surface area contributed by atoms with Crippen molar-refractivity contribution in [2.24, 2.45) is 0 Å². The average molecular weight is 392 g/mol. The lowest BCUT2D eigenvalue weighted by Crippen LogP contribution is -2.22. The standard InChI is InChI=1S/C21H17FN4O3/c1-29-18-9-7-17(8-10-18)23-20(27)15-4-11-19-24-26(21(28)25(19)13-15)12-14-2-5-16(22)6-3-14/h2-11,13H,12H2,1H3,(H,23,27). The van der Waals surface area contributed by atoms with Crippen molar-refractivity contribution < 1.29 is 13.9 Å². The van der Waals surface area contributed by atoms with Gasteiger partial charge in [0.05, 0.1) is 19.2 Å². The average Bonchev–Trinajstić information content (AvgIpc) is 3.05. The predicted octanol–water partition coefficient (Wildman–Crippen LogP) is 2.94. The van der Waals surface area contributed by atoms with Crippen LogP contribution in [0.4, 0.5) is 10.1 Å². The zero-order valence-corrected chi connectivity index (χ0v) is 15.5. The summed E-state index contributed by atoms with van der Waals surface area (Å²) in [5.74, 6) is -0.0107. The number of nitrogens with zero attached hydrogens (tertiary/aromatic N) is 3. The second-order valence-corrected chi connectivity index (χ2v) is 6.40. The fraction of sp³-hybridized carbons (Fsp3) is 0.0952. The summed E-state index contributed by atoms with van der Waals surface area (Å²) in [6.45, 7) is 0.203. The molecule has 0 saturated carbocycles. The molecule has 29 heavy (non-hydrogen) atoms. The first-order chi connectivity index (χ1) is 14.0.